The standard InChI is InChI=1S/C20H18N8O4S/c1-31-15-9-5-6-12(17(15)29)10-22-24-20(30)16-14(11-33-13-7-3-2-4-8-13)28(27-23-16)19-18(21)25-32-26-19/h2-10,29H,11H2,1H3,(H2,21,25)(H,24,30). The topological polar surface area (TPSA) is 167 Å². The molecular formula is C20H18N8O4S. The second-order valence-electron chi connectivity index (χ2n) is 6.47. The number of rotatable bonds is 8. The largest absolute Gasteiger partial charge is 0.504 e. The molecule has 2 aromatic carbocycles. The number of phenolic OH excluding ortho intramolecular Hbond substituents is 1. The lowest BCUT2D eigenvalue weighted by molar-refractivity contribution is 0.0949. The van der Waals surface area contributed by atoms with Crippen molar-refractivity contribution in [1.82, 2.24) is 30.7 Å². The molecule has 0 aliphatic heterocycles. The first kappa shape index (κ1) is 21.8. The maximum atomic E-state index is 12.8. The molecule has 12 nitrogen and oxygen atoms in total. The summed E-state index contributed by atoms with van der Waals surface area (Å²) in [6, 6.07) is 14.5. The van der Waals surface area contributed by atoms with Crippen molar-refractivity contribution in [2.45, 2.75) is 10.6 Å². The second kappa shape index (κ2) is 9.82. The van der Waals surface area contributed by atoms with Gasteiger partial charge in [0.2, 0.25) is 11.6 Å². The molecule has 0 unspecified atom stereocenters. The normalized spacial score (nSPS) is 11.1. The molecule has 0 fully saturated rings. The predicted octanol–water partition coefficient (Wildman–Crippen LogP) is 2.00. The Hall–Kier alpha value is -4.39. The number of aromatic hydroxyl groups is 1. The molecule has 0 spiro atoms. The highest BCUT2D eigenvalue weighted by Gasteiger charge is 2.24. The lowest BCUT2D eigenvalue weighted by atomic mass is 10.2. The number of hydrogen-bond donors (Lipinski definition) is 3. The fraction of sp³-hybridized carbons (Fsp3) is 0.100. The number of para-hydroxylation sites is 1. The fourth-order valence-electron chi connectivity index (χ4n) is 2.81. The first-order valence-corrected chi connectivity index (χ1v) is 10.5. The quantitative estimate of drug-likeness (QED) is 0.198. The van der Waals surface area contributed by atoms with Crippen LogP contribution < -0.4 is 15.9 Å². The minimum absolute atomic E-state index is 0.00402. The minimum Gasteiger partial charge on any atom is -0.504 e. The zero-order valence-electron chi connectivity index (χ0n) is 17.2. The van der Waals surface area contributed by atoms with Crippen molar-refractivity contribution in [2.75, 3.05) is 12.8 Å². The van der Waals surface area contributed by atoms with Crippen LogP contribution in [0.1, 0.15) is 21.7 Å². The van der Waals surface area contributed by atoms with Crippen molar-refractivity contribution in [3.05, 3.63) is 65.5 Å². The fourth-order valence-corrected chi connectivity index (χ4v) is 3.72. The summed E-state index contributed by atoms with van der Waals surface area (Å²) >= 11 is 1.47. The smallest absolute Gasteiger partial charge is 0.293 e. The molecule has 4 aromatic rings. The molecule has 0 atom stereocenters. The summed E-state index contributed by atoms with van der Waals surface area (Å²) < 4.78 is 11.0. The first-order chi connectivity index (χ1) is 16.1. The molecule has 33 heavy (non-hydrogen) atoms. The Balaban J connectivity index is 1.58. The maximum absolute atomic E-state index is 12.8. The summed E-state index contributed by atoms with van der Waals surface area (Å²) in [7, 11) is 1.44. The lowest BCUT2D eigenvalue weighted by Gasteiger charge is -2.06. The number of amides is 1. The number of anilines is 1. The number of phenols is 1. The van der Waals surface area contributed by atoms with Crippen molar-refractivity contribution in [1.29, 1.82) is 0 Å². The Bertz CT molecular complexity index is 1290. The lowest BCUT2D eigenvalue weighted by Crippen LogP contribution is -2.20. The molecule has 4 rings (SSSR count). The van der Waals surface area contributed by atoms with E-state index in [-0.39, 0.29) is 28.8 Å². The predicted molar refractivity (Wildman–Crippen MR) is 119 cm³/mol. The van der Waals surface area contributed by atoms with Gasteiger partial charge in [-0.15, -0.1) is 16.9 Å². The van der Waals surface area contributed by atoms with Gasteiger partial charge in [-0.2, -0.15) is 9.78 Å². The van der Waals surface area contributed by atoms with Gasteiger partial charge in [-0.05, 0) is 34.6 Å². The molecule has 0 aliphatic carbocycles. The highest BCUT2D eigenvalue weighted by molar-refractivity contribution is 7.98. The van der Waals surface area contributed by atoms with E-state index < -0.39 is 5.91 Å². The first-order valence-electron chi connectivity index (χ1n) is 9.48. The zero-order chi connectivity index (χ0) is 23.2. The zero-order valence-corrected chi connectivity index (χ0v) is 18.1. The Morgan fingerprint density at radius 2 is 2.09 bits per heavy atom. The van der Waals surface area contributed by atoms with Crippen molar-refractivity contribution in [2.24, 2.45) is 5.10 Å². The number of hydrogen-bond acceptors (Lipinski definition) is 11. The Kier molecular flexibility index (Phi) is 6.50. The minimum atomic E-state index is -0.612. The number of hydrazone groups is 1. The summed E-state index contributed by atoms with van der Waals surface area (Å²) in [5, 5.41) is 29.3. The number of carbonyl (C=O) groups is 1. The number of aromatic nitrogens is 5. The third kappa shape index (κ3) is 4.77. The molecule has 0 bridgehead atoms. The van der Waals surface area contributed by atoms with Crippen LogP contribution in [-0.2, 0) is 5.75 Å². The van der Waals surface area contributed by atoms with E-state index in [9.17, 15) is 9.90 Å². The van der Waals surface area contributed by atoms with Gasteiger partial charge in [0.15, 0.2) is 17.2 Å². The highest BCUT2D eigenvalue weighted by atomic mass is 32.2. The molecule has 0 saturated heterocycles. The van der Waals surface area contributed by atoms with Gasteiger partial charge in [0.05, 0.1) is 19.0 Å². The number of nitrogens with two attached hydrogens (primary N) is 1. The molecule has 4 N–H and O–H groups in total. The van der Waals surface area contributed by atoms with Gasteiger partial charge in [-0.1, -0.05) is 29.5 Å². The van der Waals surface area contributed by atoms with Gasteiger partial charge in [0.1, 0.15) is 0 Å². The van der Waals surface area contributed by atoms with Crippen LogP contribution in [0, 0.1) is 0 Å². The third-order valence-corrected chi connectivity index (χ3v) is 5.44. The van der Waals surface area contributed by atoms with Crippen LogP contribution in [0.15, 0.2) is 63.2 Å². The molecule has 0 aliphatic rings. The van der Waals surface area contributed by atoms with E-state index in [2.05, 4.69) is 35.8 Å². The van der Waals surface area contributed by atoms with Crippen LogP contribution >= 0.6 is 11.8 Å². The molecule has 0 saturated carbocycles. The van der Waals surface area contributed by atoms with E-state index in [0.717, 1.165) is 4.90 Å². The van der Waals surface area contributed by atoms with E-state index in [1.54, 1.807) is 18.2 Å². The van der Waals surface area contributed by atoms with E-state index >= 15 is 0 Å². The van der Waals surface area contributed by atoms with Crippen LogP contribution in [-0.4, -0.2) is 49.6 Å². The number of methoxy groups -OCH3 is 1. The summed E-state index contributed by atoms with van der Waals surface area (Å²) in [5.74, 6) is 0.0231. The Labute approximate surface area is 191 Å². The average molecular weight is 466 g/mol. The maximum Gasteiger partial charge on any atom is 0.293 e. The SMILES string of the molecule is COc1cccc(C=NNC(=O)c2nnn(-c3nonc3N)c2CSc2ccccc2)c1O. The van der Waals surface area contributed by atoms with Crippen LogP contribution in [0.25, 0.3) is 5.82 Å². The van der Waals surface area contributed by atoms with Crippen LogP contribution in [0.2, 0.25) is 0 Å². The van der Waals surface area contributed by atoms with E-state index in [1.807, 2.05) is 30.3 Å². The summed E-state index contributed by atoms with van der Waals surface area (Å²) in [6.07, 6.45) is 1.29. The van der Waals surface area contributed by atoms with Crippen molar-refractivity contribution < 1.29 is 19.3 Å². The number of thioether (sulfide) groups is 1. The number of nitrogens with one attached hydrogen (secondary N) is 1. The van der Waals surface area contributed by atoms with Gasteiger partial charge in [-0.25, -0.2) is 10.1 Å². The van der Waals surface area contributed by atoms with Crippen molar-refractivity contribution in [3.8, 4) is 17.3 Å². The average Bonchev–Trinajstić information content (AvgIpc) is 3.45. The number of nitrogen functional groups attached to an aromatic ring is 1. The van der Waals surface area contributed by atoms with Crippen molar-refractivity contribution >= 4 is 29.7 Å². The number of ether oxygens (including phenoxy) is 1. The van der Waals surface area contributed by atoms with E-state index in [4.69, 9.17) is 10.5 Å². The molecule has 2 aromatic heterocycles. The van der Waals surface area contributed by atoms with Gasteiger partial charge in [-0.3, -0.25) is 4.79 Å². The van der Waals surface area contributed by atoms with E-state index in [0.29, 0.717) is 17.0 Å². The molecule has 13 heteroatoms. The third-order valence-electron chi connectivity index (χ3n) is 4.41. The summed E-state index contributed by atoms with van der Waals surface area (Å²) in [5.41, 5.74) is 8.98. The van der Waals surface area contributed by atoms with Gasteiger partial charge < -0.3 is 15.6 Å². The van der Waals surface area contributed by atoms with Gasteiger partial charge in [0, 0.05) is 16.2 Å². The Morgan fingerprint density at radius 1 is 1.27 bits per heavy atom. The van der Waals surface area contributed by atoms with Crippen molar-refractivity contribution in [3.63, 3.8) is 0 Å². The van der Waals surface area contributed by atoms with Crippen LogP contribution in [0.3, 0.4) is 0 Å². The number of nitrogens with zero attached hydrogens (tertiary/aromatic N) is 6. The monoisotopic (exact) mass is 466 g/mol. The Morgan fingerprint density at radius 3 is 2.82 bits per heavy atom. The molecule has 1 amide bonds. The van der Waals surface area contributed by atoms with Crippen LogP contribution in [0.4, 0.5) is 5.82 Å². The highest BCUT2D eigenvalue weighted by Crippen LogP contribution is 2.28. The van der Waals surface area contributed by atoms with Crippen LogP contribution in [0.5, 0.6) is 11.5 Å². The number of benzene rings is 2. The molecule has 0 radical (unpaired) electrons. The van der Waals surface area contributed by atoms with Gasteiger partial charge >= 0.3 is 0 Å². The number of carbonyl (C=O) groups excluding carboxylic acids is 1. The second-order valence-corrected chi connectivity index (χ2v) is 7.52. The molecule has 168 valence electrons. The van der Waals surface area contributed by atoms with E-state index in [1.165, 1.54) is 29.8 Å². The molecule has 2 heterocycles. The molecular weight excluding hydrogens is 448 g/mol. The summed E-state index contributed by atoms with van der Waals surface area (Å²) in [6.45, 7) is 0. The van der Waals surface area contributed by atoms with Gasteiger partial charge in [0.25, 0.3) is 5.91 Å². The summed E-state index contributed by atoms with van der Waals surface area (Å²) in [4.78, 5) is 13.8.